The van der Waals surface area contributed by atoms with Crippen LogP contribution in [0.1, 0.15) is 69.7 Å². The van der Waals surface area contributed by atoms with Gasteiger partial charge in [-0.3, -0.25) is 9.59 Å². The van der Waals surface area contributed by atoms with Gasteiger partial charge in [0.25, 0.3) is 0 Å². The molecule has 0 amide bonds. The molecule has 0 aliphatic heterocycles. The van der Waals surface area contributed by atoms with E-state index in [-0.39, 0.29) is 15.6 Å². The zero-order chi connectivity index (χ0) is 21.6. The van der Waals surface area contributed by atoms with E-state index in [4.69, 9.17) is 0 Å². The van der Waals surface area contributed by atoms with E-state index in [0.29, 0.717) is 12.8 Å². The highest BCUT2D eigenvalue weighted by molar-refractivity contribution is 8.18. The summed E-state index contributed by atoms with van der Waals surface area (Å²) < 4.78 is -0.0222. The lowest BCUT2D eigenvalue weighted by atomic mass is 10.0. The van der Waals surface area contributed by atoms with Gasteiger partial charge in [-0.25, -0.2) is 0 Å². The van der Waals surface area contributed by atoms with Gasteiger partial charge in [0.15, 0.2) is 11.6 Å². The predicted octanol–water partition coefficient (Wildman–Crippen LogP) is 6.97. The van der Waals surface area contributed by atoms with Crippen molar-refractivity contribution in [2.45, 2.75) is 58.5 Å². The van der Waals surface area contributed by atoms with Crippen LogP contribution in [0.4, 0.5) is 0 Å². The maximum atomic E-state index is 12.5. The number of carbonyl (C=O) groups excluding carboxylic acids is 2. The van der Waals surface area contributed by atoms with Crippen LogP contribution in [0.5, 0.6) is 0 Å². The van der Waals surface area contributed by atoms with E-state index in [1.807, 2.05) is 52.0 Å². The average molecular weight is 429 g/mol. The maximum Gasteiger partial charge on any atom is 0.163 e. The number of carbonyl (C=O) groups is 2. The van der Waals surface area contributed by atoms with Crippen molar-refractivity contribution in [3.8, 4) is 0 Å². The van der Waals surface area contributed by atoms with Crippen LogP contribution in [0.2, 0.25) is 0 Å². The smallest absolute Gasteiger partial charge is 0.163 e. The van der Waals surface area contributed by atoms with E-state index >= 15 is 0 Å². The summed E-state index contributed by atoms with van der Waals surface area (Å²) in [4.78, 5) is 25.0. The molecule has 0 aliphatic rings. The van der Waals surface area contributed by atoms with Crippen LogP contribution < -0.4 is 0 Å². The Labute approximate surface area is 184 Å². The number of thioether (sulfide) groups is 2. The molecule has 2 aromatic rings. The van der Waals surface area contributed by atoms with Crippen molar-refractivity contribution in [2.24, 2.45) is 0 Å². The molecule has 156 valence electrons. The number of rotatable bonds is 10. The van der Waals surface area contributed by atoms with Gasteiger partial charge in [-0.2, -0.15) is 0 Å². The molecule has 2 rings (SSSR count). The molecular weight excluding hydrogens is 396 g/mol. The Hall–Kier alpha value is -1.52. The first-order chi connectivity index (χ1) is 13.6. The number of Topliss-reactive ketones (excluding diaryl/α,β-unsaturated/α-hetero) is 2. The molecule has 0 spiro atoms. The lowest BCUT2D eigenvalue weighted by Crippen LogP contribution is -2.13. The van der Waals surface area contributed by atoms with Gasteiger partial charge in [-0.15, -0.1) is 23.5 Å². The van der Waals surface area contributed by atoms with Crippen LogP contribution in [0, 0.1) is 27.7 Å². The molecule has 0 aliphatic carbocycles. The quantitative estimate of drug-likeness (QED) is 0.302. The Bertz CT molecular complexity index is 772. The summed E-state index contributed by atoms with van der Waals surface area (Å²) in [7, 11) is 0. The van der Waals surface area contributed by atoms with Gasteiger partial charge in [0.2, 0.25) is 0 Å². The minimum atomic E-state index is -0.0222. The number of ketones is 2. The molecule has 0 radical (unpaired) electrons. The summed E-state index contributed by atoms with van der Waals surface area (Å²) in [6.45, 7) is 12.4. The first-order valence-corrected chi connectivity index (χ1v) is 12.0. The third-order valence-electron chi connectivity index (χ3n) is 4.64. The first kappa shape index (κ1) is 23.8. The van der Waals surface area contributed by atoms with E-state index in [1.54, 1.807) is 23.5 Å². The fourth-order valence-electron chi connectivity index (χ4n) is 3.38. The molecule has 0 N–H and O–H groups in total. The van der Waals surface area contributed by atoms with Crippen molar-refractivity contribution < 1.29 is 9.59 Å². The van der Waals surface area contributed by atoms with Gasteiger partial charge < -0.3 is 0 Å². The third kappa shape index (κ3) is 8.02. The highest BCUT2D eigenvalue weighted by Crippen LogP contribution is 2.37. The highest BCUT2D eigenvalue weighted by Gasteiger charge is 2.20. The molecule has 0 saturated heterocycles. The van der Waals surface area contributed by atoms with Gasteiger partial charge in [0, 0.05) is 35.5 Å². The van der Waals surface area contributed by atoms with Crippen molar-refractivity contribution in [2.75, 3.05) is 11.5 Å². The second kappa shape index (κ2) is 10.5. The summed E-state index contributed by atoms with van der Waals surface area (Å²) in [6, 6.07) is 12.1. The van der Waals surface area contributed by atoms with Crippen LogP contribution >= 0.6 is 23.5 Å². The lowest BCUT2D eigenvalue weighted by Gasteiger charge is -2.23. The van der Waals surface area contributed by atoms with Crippen molar-refractivity contribution in [1.29, 1.82) is 0 Å². The highest BCUT2D eigenvalue weighted by atomic mass is 32.2. The van der Waals surface area contributed by atoms with Crippen LogP contribution in [-0.2, 0) is 0 Å². The predicted molar refractivity (Wildman–Crippen MR) is 129 cm³/mol. The third-order valence-corrected chi connectivity index (χ3v) is 7.56. The molecule has 0 unspecified atom stereocenters. The van der Waals surface area contributed by atoms with E-state index in [9.17, 15) is 9.59 Å². The Morgan fingerprint density at radius 2 is 0.966 bits per heavy atom. The monoisotopic (exact) mass is 428 g/mol. The van der Waals surface area contributed by atoms with Crippen LogP contribution in [0.25, 0.3) is 0 Å². The number of hydrogen-bond donors (Lipinski definition) is 0. The van der Waals surface area contributed by atoms with E-state index in [2.05, 4.69) is 26.0 Å². The van der Waals surface area contributed by atoms with Crippen molar-refractivity contribution in [1.82, 2.24) is 0 Å². The van der Waals surface area contributed by atoms with Gasteiger partial charge in [0.05, 0.1) is 4.08 Å². The summed E-state index contributed by atoms with van der Waals surface area (Å²) in [6.07, 6.45) is 1.08. The zero-order valence-corrected chi connectivity index (χ0v) is 20.1. The SMILES string of the molecule is Cc1cc(C)cc(C(=O)CCSC(C)(C)SCCC(=O)c2cc(C)cc(C)c2)c1. The molecule has 2 aromatic carbocycles. The fraction of sp³-hybridized carbons (Fsp3) is 0.440. The van der Waals surface area contributed by atoms with E-state index < -0.39 is 0 Å². The lowest BCUT2D eigenvalue weighted by molar-refractivity contribution is 0.0981. The van der Waals surface area contributed by atoms with Gasteiger partial charge >= 0.3 is 0 Å². The number of benzene rings is 2. The summed E-state index contributed by atoms with van der Waals surface area (Å²) in [5, 5.41) is 0. The van der Waals surface area contributed by atoms with E-state index in [1.165, 1.54) is 0 Å². The average Bonchev–Trinajstić information content (AvgIpc) is 2.59. The van der Waals surface area contributed by atoms with Gasteiger partial charge in [-0.1, -0.05) is 34.4 Å². The molecule has 0 bridgehead atoms. The number of aryl methyl sites for hydroxylation is 4. The van der Waals surface area contributed by atoms with Crippen LogP contribution in [0.15, 0.2) is 36.4 Å². The molecule has 29 heavy (non-hydrogen) atoms. The Morgan fingerprint density at radius 3 is 1.28 bits per heavy atom. The van der Waals surface area contributed by atoms with Crippen LogP contribution in [0.3, 0.4) is 0 Å². The molecular formula is C25H32O2S2. The van der Waals surface area contributed by atoms with Gasteiger partial charge in [0.1, 0.15) is 0 Å². The Morgan fingerprint density at radius 1 is 0.655 bits per heavy atom. The molecule has 0 atom stereocenters. The molecule has 0 aromatic heterocycles. The second-order valence-electron chi connectivity index (χ2n) is 8.20. The summed E-state index contributed by atoms with van der Waals surface area (Å²) in [5.41, 5.74) is 6.15. The largest absolute Gasteiger partial charge is 0.294 e. The standard InChI is InChI=1S/C25H32O2S2/c1-17-11-18(2)14-21(13-17)23(26)7-9-28-25(5,6)29-10-8-24(27)22-15-19(3)12-20(4)16-22/h11-16H,7-10H2,1-6H3. The summed E-state index contributed by atoms with van der Waals surface area (Å²) >= 11 is 3.59. The first-order valence-electron chi connectivity index (χ1n) is 10.1. The van der Waals surface area contributed by atoms with Gasteiger partial charge in [-0.05, 0) is 65.8 Å². The molecule has 0 heterocycles. The molecule has 0 fully saturated rings. The van der Waals surface area contributed by atoms with E-state index in [0.717, 1.165) is 44.9 Å². The summed E-state index contributed by atoms with van der Waals surface area (Å²) in [5.74, 6) is 1.98. The normalized spacial score (nSPS) is 11.5. The zero-order valence-electron chi connectivity index (χ0n) is 18.4. The minimum Gasteiger partial charge on any atom is -0.294 e. The second-order valence-corrected chi connectivity index (χ2v) is 11.9. The minimum absolute atomic E-state index is 0.0222. The van der Waals surface area contributed by atoms with Crippen LogP contribution in [-0.4, -0.2) is 27.2 Å². The molecule has 0 saturated carbocycles. The molecule has 2 nitrogen and oxygen atoms in total. The van der Waals surface area contributed by atoms with Crippen molar-refractivity contribution in [3.63, 3.8) is 0 Å². The Balaban J connectivity index is 1.78. The maximum absolute atomic E-state index is 12.5. The van der Waals surface area contributed by atoms with Crippen molar-refractivity contribution >= 4 is 35.1 Å². The Kier molecular flexibility index (Phi) is 8.59. The topological polar surface area (TPSA) is 34.1 Å². The number of hydrogen-bond acceptors (Lipinski definition) is 4. The van der Waals surface area contributed by atoms with Crippen molar-refractivity contribution in [3.05, 3.63) is 69.8 Å². The molecule has 4 heteroatoms. The fourth-order valence-corrected chi connectivity index (χ4v) is 5.77.